The molecule has 2 aromatic rings. The zero-order valence-corrected chi connectivity index (χ0v) is 10.4. The van der Waals surface area contributed by atoms with Crippen molar-refractivity contribution in [3.05, 3.63) is 42.2 Å². The predicted octanol–water partition coefficient (Wildman–Crippen LogP) is 0.552. The van der Waals surface area contributed by atoms with Gasteiger partial charge in [-0.3, -0.25) is 4.98 Å². The average molecular weight is 264 g/mol. The number of aromatic nitrogens is 3. The van der Waals surface area contributed by atoms with Gasteiger partial charge >= 0.3 is 0 Å². The van der Waals surface area contributed by atoms with Crippen LogP contribution in [0.3, 0.4) is 0 Å². The highest BCUT2D eigenvalue weighted by Crippen LogP contribution is 2.22. The summed E-state index contributed by atoms with van der Waals surface area (Å²) in [7, 11) is -3.46. The molecule has 3 heterocycles. The van der Waals surface area contributed by atoms with Crippen LogP contribution >= 0.6 is 0 Å². The maximum Gasteiger partial charge on any atom is 0.244 e. The molecule has 0 aromatic carbocycles. The van der Waals surface area contributed by atoms with Crippen molar-refractivity contribution in [3.8, 4) is 0 Å². The first-order valence-corrected chi connectivity index (χ1v) is 7.03. The van der Waals surface area contributed by atoms with Crippen LogP contribution in [0, 0.1) is 0 Å². The van der Waals surface area contributed by atoms with E-state index in [1.54, 1.807) is 24.7 Å². The topological polar surface area (TPSA) is 79.0 Å². The van der Waals surface area contributed by atoms with E-state index >= 15 is 0 Å². The molecular weight excluding hydrogens is 252 g/mol. The van der Waals surface area contributed by atoms with Crippen molar-refractivity contribution in [2.24, 2.45) is 0 Å². The van der Waals surface area contributed by atoms with E-state index in [0.29, 0.717) is 19.5 Å². The summed E-state index contributed by atoms with van der Waals surface area (Å²) in [5.74, 6) is 0. The Morgan fingerprint density at radius 3 is 3.06 bits per heavy atom. The summed E-state index contributed by atoms with van der Waals surface area (Å²) < 4.78 is 26.2. The normalized spacial score (nSPS) is 16.4. The molecule has 0 fully saturated rings. The van der Waals surface area contributed by atoms with E-state index in [0.717, 1.165) is 11.4 Å². The van der Waals surface area contributed by atoms with E-state index in [9.17, 15) is 8.42 Å². The van der Waals surface area contributed by atoms with E-state index in [1.807, 2.05) is 0 Å². The maximum absolute atomic E-state index is 12.4. The smallest absolute Gasteiger partial charge is 0.244 e. The summed E-state index contributed by atoms with van der Waals surface area (Å²) in [6, 6.07) is 3.18. The van der Waals surface area contributed by atoms with Gasteiger partial charge in [0.2, 0.25) is 10.0 Å². The Bertz CT molecular complexity index is 651. The molecule has 0 spiro atoms. The first kappa shape index (κ1) is 11.4. The van der Waals surface area contributed by atoms with Crippen molar-refractivity contribution in [1.82, 2.24) is 19.3 Å². The van der Waals surface area contributed by atoms with Gasteiger partial charge < -0.3 is 4.98 Å². The van der Waals surface area contributed by atoms with Crippen LogP contribution in [0.25, 0.3) is 0 Å². The van der Waals surface area contributed by atoms with Crippen molar-refractivity contribution < 1.29 is 8.42 Å². The van der Waals surface area contributed by atoms with Crippen LogP contribution in [0.2, 0.25) is 0 Å². The van der Waals surface area contributed by atoms with Crippen LogP contribution in [0.1, 0.15) is 11.4 Å². The lowest BCUT2D eigenvalue weighted by Gasteiger charge is -2.25. The molecule has 18 heavy (non-hydrogen) atoms. The van der Waals surface area contributed by atoms with Crippen molar-refractivity contribution >= 4 is 10.0 Å². The fourth-order valence-electron chi connectivity index (χ4n) is 2.04. The number of hydrogen-bond donors (Lipinski definition) is 1. The number of fused-ring (bicyclic) bond motifs is 1. The quantitative estimate of drug-likeness (QED) is 0.859. The van der Waals surface area contributed by atoms with E-state index < -0.39 is 10.0 Å². The highest BCUT2D eigenvalue weighted by molar-refractivity contribution is 7.89. The molecule has 0 atom stereocenters. The Labute approximate surface area is 105 Å². The number of nitrogens with one attached hydrogen (secondary N) is 1. The van der Waals surface area contributed by atoms with Gasteiger partial charge in [-0.15, -0.1) is 0 Å². The minimum absolute atomic E-state index is 0.230. The van der Waals surface area contributed by atoms with Crippen LogP contribution in [-0.4, -0.2) is 34.2 Å². The lowest BCUT2D eigenvalue weighted by atomic mass is 10.2. The monoisotopic (exact) mass is 264 g/mol. The van der Waals surface area contributed by atoms with Gasteiger partial charge in [-0.1, -0.05) is 0 Å². The molecule has 7 heteroatoms. The van der Waals surface area contributed by atoms with Crippen LogP contribution in [0.5, 0.6) is 0 Å². The van der Waals surface area contributed by atoms with E-state index in [4.69, 9.17) is 0 Å². The standard InChI is InChI=1S/C11H12N4O2S/c16-18(17,9-2-1-4-12-6-9)15-5-3-10-11(7-15)14-8-13-10/h1-2,4,6,8H,3,5,7H2,(H,13,14). The van der Waals surface area contributed by atoms with E-state index in [-0.39, 0.29) is 4.90 Å². The van der Waals surface area contributed by atoms with Gasteiger partial charge in [-0.2, -0.15) is 4.31 Å². The molecule has 1 N–H and O–H groups in total. The fraction of sp³-hybridized carbons (Fsp3) is 0.273. The molecule has 0 saturated heterocycles. The second kappa shape index (κ2) is 4.18. The molecule has 0 amide bonds. The molecule has 0 aliphatic carbocycles. The summed E-state index contributed by atoms with van der Waals surface area (Å²) in [6.07, 6.45) is 5.17. The van der Waals surface area contributed by atoms with Crippen molar-refractivity contribution in [2.75, 3.05) is 6.54 Å². The minimum Gasteiger partial charge on any atom is -0.347 e. The van der Waals surface area contributed by atoms with Crippen molar-refractivity contribution in [2.45, 2.75) is 17.9 Å². The third-order valence-electron chi connectivity index (χ3n) is 3.01. The number of H-pyrrole nitrogens is 1. The van der Waals surface area contributed by atoms with E-state index in [2.05, 4.69) is 15.0 Å². The Balaban J connectivity index is 1.93. The van der Waals surface area contributed by atoms with Crippen molar-refractivity contribution in [1.29, 1.82) is 0 Å². The highest BCUT2D eigenvalue weighted by Gasteiger charge is 2.29. The molecule has 3 rings (SSSR count). The van der Waals surface area contributed by atoms with Gasteiger partial charge in [0, 0.05) is 25.4 Å². The summed E-state index contributed by atoms with van der Waals surface area (Å²) in [6.45, 7) is 0.793. The molecule has 94 valence electrons. The van der Waals surface area contributed by atoms with Gasteiger partial charge in [-0.25, -0.2) is 13.4 Å². The first-order chi connectivity index (χ1) is 8.68. The number of aromatic amines is 1. The number of rotatable bonds is 2. The minimum atomic E-state index is -3.46. The Morgan fingerprint density at radius 2 is 2.28 bits per heavy atom. The molecular formula is C11H12N4O2S. The van der Waals surface area contributed by atoms with E-state index in [1.165, 1.54) is 10.5 Å². The van der Waals surface area contributed by atoms with Gasteiger partial charge in [0.05, 0.1) is 24.3 Å². The fourth-order valence-corrected chi connectivity index (χ4v) is 3.42. The second-order valence-corrected chi connectivity index (χ2v) is 6.04. The molecule has 0 bridgehead atoms. The highest BCUT2D eigenvalue weighted by atomic mass is 32.2. The zero-order chi connectivity index (χ0) is 12.6. The van der Waals surface area contributed by atoms with Gasteiger partial charge in [0.1, 0.15) is 4.90 Å². The molecule has 1 aliphatic rings. The largest absolute Gasteiger partial charge is 0.347 e. The van der Waals surface area contributed by atoms with Gasteiger partial charge in [0.25, 0.3) is 0 Å². The molecule has 6 nitrogen and oxygen atoms in total. The Morgan fingerprint density at radius 1 is 1.39 bits per heavy atom. The number of pyridine rings is 1. The summed E-state index contributed by atoms with van der Waals surface area (Å²) >= 11 is 0. The lowest BCUT2D eigenvalue weighted by molar-refractivity contribution is 0.385. The van der Waals surface area contributed by atoms with Crippen LogP contribution in [0.4, 0.5) is 0 Å². The lowest BCUT2D eigenvalue weighted by Crippen LogP contribution is -2.36. The Hall–Kier alpha value is -1.73. The van der Waals surface area contributed by atoms with Gasteiger partial charge in [-0.05, 0) is 12.1 Å². The predicted molar refractivity (Wildman–Crippen MR) is 64.1 cm³/mol. The summed E-state index contributed by atoms with van der Waals surface area (Å²) in [5.41, 5.74) is 1.82. The van der Waals surface area contributed by atoms with Crippen molar-refractivity contribution in [3.63, 3.8) is 0 Å². The summed E-state index contributed by atoms with van der Waals surface area (Å²) in [5, 5.41) is 0. The zero-order valence-electron chi connectivity index (χ0n) is 9.57. The number of imidazole rings is 1. The maximum atomic E-state index is 12.4. The first-order valence-electron chi connectivity index (χ1n) is 5.59. The number of sulfonamides is 1. The number of hydrogen-bond acceptors (Lipinski definition) is 4. The van der Waals surface area contributed by atoms with Crippen LogP contribution in [0.15, 0.2) is 35.7 Å². The van der Waals surface area contributed by atoms with Gasteiger partial charge in [0.15, 0.2) is 0 Å². The van der Waals surface area contributed by atoms with Crippen LogP contribution < -0.4 is 0 Å². The molecule has 2 aromatic heterocycles. The third kappa shape index (κ3) is 1.81. The third-order valence-corrected chi connectivity index (χ3v) is 4.84. The summed E-state index contributed by atoms with van der Waals surface area (Å²) in [4.78, 5) is 11.2. The average Bonchev–Trinajstić information content (AvgIpc) is 2.87. The van der Waals surface area contributed by atoms with Crippen LogP contribution in [-0.2, 0) is 23.0 Å². The number of nitrogens with zero attached hydrogens (tertiary/aromatic N) is 3. The molecule has 1 aliphatic heterocycles. The molecule has 0 unspecified atom stereocenters. The SMILES string of the molecule is O=S(=O)(c1cccnc1)N1CCc2nc[nH]c2C1. The molecule has 0 saturated carbocycles. The second-order valence-electron chi connectivity index (χ2n) is 4.11. The Kier molecular flexibility index (Phi) is 2.64. The molecule has 0 radical (unpaired) electrons.